The molecule has 4 N–H and O–H groups in total. The monoisotopic (exact) mass is 698 g/mol. The molecule has 2 saturated heterocycles. The van der Waals surface area contributed by atoms with E-state index in [4.69, 9.17) is 11.6 Å². The molecule has 3 aliphatic rings. The summed E-state index contributed by atoms with van der Waals surface area (Å²) in [6, 6.07) is 7.29. The maximum atomic E-state index is 15.1. The van der Waals surface area contributed by atoms with Gasteiger partial charge in [-0.1, -0.05) is 65.3 Å². The fourth-order valence-electron chi connectivity index (χ4n) is 7.87. The number of aromatic amines is 1. The maximum Gasteiger partial charge on any atom is 0.407 e. The Morgan fingerprint density at radius 1 is 1.18 bits per heavy atom. The number of carbonyl (C=O) groups is 1. The van der Waals surface area contributed by atoms with Gasteiger partial charge in [-0.2, -0.15) is 10.1 Å². The topological polar surface area (TPSA) is 103 Å². The van der Waals surface area contributed by atoms with Crippen LogP contribution in [-0.2, 0) is 18.5 Å². The van der Waals surface area contributed by atoms with E-state index in [0.717, 1.165) is 29.6 Å². The van der Waals surface area contributed by atoms with E-state index in [2.05, 4.69) is 51.5 Å². The highest BCUT2D eigenvalue weighted by Gasteiger charge is 2.50. The molecule has 0 spiro atoms. The van der Waals surface area contributed by atoms with E-state index < -0.39 is 17.9 Å². The number of rotatable bonds is 9. The number of hydrogen-bond donors (Lipinski definition) is 4. The van der Waals surface area contributed by atoms with Gasteiger partial charge in [0.05, 0.1) is 30.0 Å². The number of aromatic nitrogens is 2. The largest absolute Gasteiger partial charge is 0.465 e. The summed E-state index contributed by atoms with van der Waals surface area (Å²) >= 11 is 6.63. The number of H-pyrrole nitrogens is 1. The average Bonchev–Trinajstić information content (AvgIpc) is 3.70. The van der Waals surface area contributed by atoms with Crippen molar-refractivity contribution in [2.75, 3.05) is 36.6 Å². The summed E-state index contributed by atoms with van der Waals surface area (Å²) in [5.74, 6) is 0.630. The first-order valence-corrected chi connectivity index (χ1v) is 17.4. The van der Waals surface area contributed by atoms with Crippen LogP contribution in [0.15, 0.2) is 36.5 Å². The number of carboxylic acid groups (broad SMARTS) is 1. The van der Waals surface area contributed by atoms with Crippen molar-refractivity contribution in [2.45, 2.75) is 97.9 Å². The van der Waals surface area contributed by atoms with E-state index in [9.17, 15) is 9.90 Å². The molecule has 0 aliphatic carbocycles. The van der Waals surface area contributed by atoms with Gasteiger partial charge in [0.25, 0.3) is 6.43 Å². The Balaban J connectivity index is 1.34. The van der Waals surface area contributed by atoms with Crippen molar-refractivity contribution in [1.82, 2.24) is 30.3 Å². The minimum absolute atomic E-state index is 0.0530. The third kappa shape index (κ3) is 6.79. The number of halogens is 3. The molecule has 6 rings (SSSR count). The van der Waals surface area contributed by atoms with Crippen LogP contribution in [0.2, 0.25) is 5.02 Å². The Hall–Kier alpha value is -3.61. The van der Waals surface area contributed by atoms with Crippen LogP contribution in [0.3, 0.4) is 0 Å². The smallest absolute Gasteiger partial charge is 0.407 e. The predicted octanol–water partition coefficient (Wildman–Crippen LogP) is 7.53. The van der Waals surface area contributed by atoms with E-state index in [0.29, 0.717) is 47.2 Å². The number of amides is 1. The number of fused-ring (bicyclic) bond motifs is 2. The lowest BCUT2D eigenvalue weighted by Crippen LogP contribution is -2.57. The molecule has 266 valence electrons. The lowest BCUT2D eigenvalue weighted by Gasteiger charge is -2.44. The first kappa shape index (κ1) is 35.2. The molecule has 0 radical (unpaired) electrons. The van der Waals surface area contributed by atoms with Crippen LogP contribution in [0.5, 0.6) is 0 Å². The molecule has 0 saturated carbocycles. The Kier molecular flexibility index (Phi) is 9.53. The number of likely N-dealkylation sites (tertiary alicyclic amines) is 2. The number of allylic oxidation sites excluding steroid dienone is 1. The zero-order chi connectivity index (χ0) is 35.4. The normalized spacial score (nSPS) is 20.7. The van der Waals surface area contributed by atoms with E-state index >= 15 is 8.78 Å². The molecular weight excluding hydrogens is 650 g/mol. The molecule has 2 aromatic carbocycles. The molecule has 2 unspecified atom stereocenters. The number of hydrogen-bond acceptors (Lipinski definition) is 7. The van der Waals surface area contributed by atoms with Crippen LogP contribution in [0.25, 0.3) is 10.9 Å². The Bertz CT molecular complexity index is 1730. The summed E-state index contributed by atoms with van der Waals surface area (Å²) in [6.07, 6.45) is 0.965. The Morgan fingerprint density at radius 2 is 1.92 bits per heavy atom. The summed E-state index contributed by atoms with van der Waals surface area (Å²) in [7, 11) is 0. The van der Waals surface area contributed by atoms with Gasteiger partial charge in [0, 0.05) is 60.3 Å². The van der Waals surface area contributed by atoms with Crippen molar-refractivity contribution in [2.24, 2.45) is 5.41 Å². The van der Waals surface area contributed by atoms with Crippen molar-refractivity contribution in [1.29, 1.82) is 0 Å². The summed E-state index contributed by atoms with van der Waals surface area (Å²) in [4.78, 5) is 16.1. The van der Waals surface area contributed by atoms with Gasteiger partial charge in [-0.3, -0.25) is 10.1 Å². The van der Waals surface area contributed by atoms with Gasteiger partial charge in [0.15, 0.2) is 5.82 Å². The second kappa shape index (κ2) is 13.3. The van der Waals surface area contributed by atoms with Crippen LogP contribution in [0.1, 0.15) is 83.6 Å². The van der Waals surface area contributed by atoms with Crippen molar-refractivity contribution in [3.63, 3.8) is 0 Å². The lowest BCUT2D eigenvalue weighted by atomic mass is 9.82. The van der Waals surface area contributed by atoms with Gasteiger partial charge >= 0.3 is 6.09 Å². The minimum Gasteiger partial charge on any atom is -0.465 e. The number of alkyl halides is 2. The van der Waals surface area contributed by atoms with Gasteiger partial charge in [-0.05, 0) is 59.7 Å². The standard InChI is InChI=1S/C36H49ClF2N8O2/c1-8-12-44-17-22(18-44)40-16-21-9-10-28-24(30(21)32(38)39)19-45(47(28)29-11-13-46(34(48)49)31(29)36(5,6)7)20-41-33-23-14-25(35(2,3)4)26(37)15-27(23)42-43-33/h8-10,12,14-15,22,29,31-32,40H,11,13,16-20H2,1-7H3,(H,48,49)(H2,41,42,43). The summed E-state index contributed by atoms with van der Waals surface area (Å²) < 4.78 is 30.1. The number of anilines is 2. The number of hydrazine groups is 1. The van der Waals surface area contributed by atoms with E-state index in [-0.39, 0.29) is 42.3 Å². The van der Waals surface area contributed by atoms with Crippen LogP contribution < -0.4 is 15.6 Å². The summed E-state index contributed by atoms with van der Waals surface area (Å²) in [5.41, 5.74) is 3.12. The fraction of sp³-hybridized carbons (Fsp3) is 0.556. The molecule has 10 nitrogen and oxygen atoms in total. The first-order valence-electron chi connectivity index (χ1n) is 17.1. The third-order valence-electron chi connectivity index (χ3n) is 10.1. The molecule has 3 aromatic rings. The number of nitrogens with one attached hydrogen (secondary N) is 3. The van der Waals surface area contributed by atoms with Gasteiger partial charge in [0.1, 0.15) is 0 Å². The van der Waals surface area contributed by atoms with Crippen LogP contribution >= 0.6 is 11.6 Å². The van der Waals surface area contributed by atoms with Crippen molar-refractivity contribution in [3.8, 4) is 0 Å². The second-order valence-electron chi connectivity index (χ2n) is 15.6. The molecule has 1 amide bonds. The molecule has 1 aromatic heterocycles. The fourth-order valence-corrected chi connectivity index (χ4v) is 8.32. The molecule has 4 heterocycles. The van der Waals surface area contributed by atoms with E-state index in [1.807, 2.05) is 69.2 Å². The van der Waals surface area contributed by atoms with Crippen LogP contribution in [-0.4, -0.2) is 80.6 Å². The highest BCUT2D eigenvalue weighted by molar-refractivity contribution is 6.32. The predicted molar refractivity (Wildman–Crippen MR) is 191 cm³/mol. The molecular formula is C36H49ClF2N8O2. The van der Waals surface area contributed by atoms with Gasteiger partial charge in [-0.25, -0.2) is 13.6 Å². The molecule has 0 bridgehead atoms. The maximum absolute atomic E-state index is 15.1. The minimum atomic E-state index is -2.67. The summed E-state index contributed by atoms with van der Waals surface area (Å²) in [5, 5.41) is 30.4. The Morgan fingerprint density at radius 3 is 2.55 bits per heavy atom. The lowest BCUT2D eigenvalue weighted by molar-refractivity contribution is 0.0919. The van der Waals surface area contributed by atoms with Gasteiger partial charge < -0.3 is 25.5 Å². The highest BCUT2D eigenvalue weighted by atomic mass is 35.5. The Labute approximate surface area is 292 Å². The van der Waals surface area contributed by atoms with E-state index in [1.54, 1.807) is 0 Å². The molecule has 13 heteroatoms. The SMILES string of the molecule is CC=CN1CC(NCc2ccc3c(c2C(F)F)CN(CNc2n[nH]c4cc(Cl)c(C(C)(C)C)cc24)N3C2CCN(C(=O)O)C2C(C)(C)C)C1. The van der Waals surface area contributed by atoms with Crippen molar-refractivity contribution in [3.05, 3.63) is 63.8 Å². The molecule has 2 fully saturated rings. The molecule has 3 aliphatic heterocycles. The zero-order valence-electron chi connectivity index (χ0n) is 29.4. The number of nitrogens with zero attached hydrogens (tertiary/aromatic N) is 5. The average molecular weight is 699 g/mol. The van der Waals surface area contributed by atoms with Gasteiger partial charge in [0.2, 0.25) is 0 Å². The zero-order valence-corrected chi connectivity index (χ0v) is 30.2. The van der Waals surface area contributed by atoms with Crippen molar-refractivity contribution < 1.29 is 18.7 Å². The van der Waals surface area contributed by atoms with Crippen molar-refractivity contribution >= 4 is 40.1 Å². The molecule has 2 atom stereocenters. The van der Waals surface area contributed by atoms with E-state index in [1.165, 1.54) is 4.90 Å². The second-order valence-corrected chi connectivity index (χ2v) is 16.0. The van der Waals surface area contributed by atoms with Crippen LogP contribution in [0.4, 0.5) is 25.1 Å². The highest BCUT2D eigenvalue weighted by Crippen LogP contribution is 2.45. The third-order valence-corrected chi connectivity index (χ3v) is 10.4. The summed E-state index contributed by atoms with van der Waals surface area (Å²) in [6.45, 7) is 17.3. The quantitative estimate of drug-likeness (QED) is 0.182. The number of benzene rings is 2. The van der Waals surface area contributed by atoms with Gasteiger partial charge in [-0.15, -0.1) is 0 Å². The van der Waals surface area contributed by atoms with Crippen LogP contribution in [0, 0.1) is 5.41 Å². The molecule has 49 heavy (non-hydrogen) atoms. The first-order chi connectivity index (χ1) is 23.1.